The van der Waals surface area contributed by atoms with Gasteiger partial charge in [-0.05, 0) is 31.8 Å². The third-order valence-corrected chi connectivity index (χ3v) is 1.55. The molecule has 0 fully saturated rings. The zero-order valence-corrected chi connectivity index (χ0v) is 6.92. The first-order valence-electron chi connectivity index (χ1n) is 3.78. The topological polar surface area (TPSA) is 49.7 Å². The minimum Gasteiger partial charge on any atom is -0.396 e. The molecular formula is C8H16O3. The maximum Gasteiger partial charge on any atom is 0.113 e. The van der Waals surface area contributed by atoms with Crippen LogP contribution in [0.1, 0.15) is 26.2 Å². The molecule has 3 heteroatoms. The quantitative estimate of drug-likeness (QED) is 0.268. The summed E-state index contributed by atoms with van der Waals surface area (Å²) in [5, 5.41) is 16.8. The van der Waals surface area contributed by atoms with Crippen LogP contribution in [0.2, 0.25) is 0 Å². The molecule has 2 N–H and O–H groups in total. The second-order valence-electron chi connectivity index (χ2n) is 2.66. The van der Waals surface area contributed by atoms with Crippen molar-refractivity contribution in [1.82, 2.24) is 0 Å². The molecule has 0 amide bonds. The minimum atomic E-state index is -0.276. The number of hydrogen-bond donors (Lipinski definition) is 2. The van der Waals surface area contributed by atoms with Gasteiger partial charge in [-0.1, -0.05) is 6.58 Å². The molecule has 0 radical (unpaired) electrons. The van der Waals surface area contributed by atoms with E-state index in [-0.39, 0.29) is 12.7 Å². The van der Waals surface area contributed by atoms with Crippen molar-refractivity contribution in [2.75, 3.05) is 6.61 Å². The van der Waals surface area contributed by atoms with Crippen molar-refractivity contribution in [3.05, 3.63) is 12.2 Å². The first kappa shape index (κ1) is 10.6. The fourth-order valence-corrected chi connectivity index (χ4v) is 0.831. The second kappa shape index (κ2) is 6.34. The first-order valence-corrected chi connectivity index (χ1v) is 3.78. The van der Waals surface area contributed by atoms with E-state index in [2.05, 4.69) is 11.5 Å². The summed E-state index contributed by atoms with van der Waals surface area (Å²) in [5.41, 5.74) is 0.811. The van der Waals surface area contributed by atoms with Crippen LogP contribution in [-0.4, -0.2) is 23.1 Å². The molecule has 11 heavy (non-hydrogen) atoms. The van der Waals surface area contributed by atoms with E-state index in [4.69, 9.17) is 10.4 Å². The number of unbranched alkanes of at least 4 members (excludes halogenated alkanes) is 1. The SMILES string of the molecule is C=C(C)C(CCCCO)OO. The summed E-state index contributed by atoms with van der Waals surface area (Å²) in [6, 6.07) is 0. The van der Waals surface area contributed by atoms with Gasteiger partial charge < -0.3 is 5.11 Å². The zero-order valence-electron chi connectivity index (χ0n) is 6.92. The summed E-state index contributed by atoms with van der Waals surface area (Å²) in [4.78, 5) is 4.18. The van der Waals surface area contributed by atoms with E-state index in [0.717, 1.165) is 18.4 Å². The van der Waals surface area contributed by atoms with Gasteiger partial charge >= 0.3 is 0 Å². The normalized spacial score (nSPS) is 13.0. The van der Waals surface area contributed by atoms with Crippen molar-refractivity contribution in [1.29, 1.82) is 0 Å². The third-order valence-electron chi connectivity index (χ3n) is 1.55. The van der Waals surface area contributed by atoms with Crippen LogP contribution in [-0.2, 0) is 4.89 Å². The zero-order chi connectivity index (χ0) is 8.69. The largest absolute Gasteiger partial charge is 0.396 e. The minimum absolute atomic E-state index is 0.189. The highest BCUT2D eigenvalue weighted by molar-refractivity contribution is 4.96. The monoisotopic (exact) mass is 160 g/mol. The Labute approximate surface area is 67.2 Å². The molecule has 0 saturated carbocycles. The molecule has 0 spiro atoms. The van der Waals surface area contributed by atoms with Crippen molar-refractivity contribution in [2.24, 2.45) is 0 Å². The molecule has 0 aliphatic heterocycles. The van der Waals surface area contributed by atoms with E-state index in [1.807, 2.05) is 0 Å². The van der Waals surface area contributed by atoms with Crippen LogP contribution < -0.4 is 0 Å². The van der Waals surface area contributed by atoms with Gasteiger partial charge in [0.15, 0.2) is 0 Å². The molecule has 0 heterocycles. The Morgan fingerprint density at radius 1 is 1.55 bits per heavy atom. The van der Waals surface area contributed by atoms with Crippen molar-refractivity contribution in [3.8, 4) is 0 Å². The Morgan fingerprint density at radius 3 is 2.55 bits per heavy atom. The summed E-state index contributed by atoms with van der Waals surface area (Å²) in [6.07, 6.45) is 2.02. The third kappa shape index (κ3) is 4.95. The Morgan fingerprint density at radius 2 is 2.18 bits per heavy atom. The first-order chi connectivity index (χ1) is 5.22. The van der Waals surface area contributed by atoms with E-state index in [0.29, 0.717) is 6.42 Å². The molecule has 0 aromatic carbocycles. The molecule has 1 unspecified atom stereocenters. The molecule has 3 nitrogen and oxygen atoms in total. The highest BCUT2D eigenvalue weighted by atomic mass is 17.1. The van der Waals surface area contributed by atoms with Gasteiger partial charge in [0.05, 0.1) is 0 Å². The van der Waals surface area contributed by atoms with Crippen LogP contribution in [0.5, 0.6) is 0 Å². The van der Waals surface area contributed by atoms with Gasteiger partial charge in [0, 0.05) is 6.61 Å². The van der Waals surface area contributed by atoms with Gasteiger partial charge in [0.1, 0.15) is 6.10 Å². The van der Waals surface area contributed by atoms with Gasteiger partial charge in [0.2, 0.25) is 0 Å². The lowest BCUT2D eigenvalue weighted by atomic mass is 10.1. The van der Waals surface area contributed by atoms with Gasteiger partial charge in [0.25, 0.3) is 0 Å². The van der Waals surface area contributed by atoms with E-state index >= 15 is 0 Å². The Hall–Kier alpha value is -0.380. The molecule has 1 atom stereocenters. The Kier molecular flexibility index (Phi) is 6.12. The van der Waals surface area contributed by atoms with Crippen molar-refractivity contribution in [3.63, 3.8) is 0 Å². The predicted molar refractivity (Wildman–Crippen MR) is 43.3 cm³/mol. The van der Waals surface area contributed by atoms with Gasteiger partial charge in [-0.3, -0.25) is 5.26 Å². The van der Waals surface area contributed by atoms with Gasteiger partial charge in [-0.2, -0.15) is 0 Å². The lowest BCUT2D eigenvalue weighted by Crippen LogP contribution is -2.11. The fraction of sp³-hybridized carbons (Fsp3) is 0.750. The fourth-order valence-electron chi connectivity index (χ4n) is 0.831. The lowest BCUT2D eigenvalue weighted by molar-refractivity contribution is -0.269. The van der Waals surface area contributed by atoms with Gasteiger partial charge in [-0.25, -0.2) is 4.89 Å². The van der Waals surface area contributed by atoms with E-state index in [1.165, 1.54) is 0 Å². The van der Waals surface area contributed by atoms with Crippen molar-refractivity contribution < 1.29 is 15.3 Å². The summed E-state index contributed by atoms with van der Waals surface area (Å²) in [7, 11) is 0. The number of aliphatic hydroxyl groups excluding tert-OH is 1. The Bertz CT molecular complexity index is 112. The van der Waals surface area contributed by atoms with Crippen LogP contribution >= 0.6 is 0 Å². The summed E-state index contributed by atoms with van der Waals surface area (Å²) < 4.78 is 0. The molecule has 0 aliphatic carbocycles. The lowest BCUT2D eigenvalue weighted by Gasteiger charge is -2.11. The summed E-state index contributed by atoms with van der Waals surface area (Å²) >= 11 is 0. The predicted octanol–water partition coefficient (Wildman–Crippen LogP) is 1.58. The maximum absolute atomic E-state index is 8.46. The van der Waals surface area contributed by atoms with Crippen LogP contribution in [0.4, 0.5) is 0 Å². The molecule has 0 saturated heterocycles. The average molecular weight is 160 g/mol. The summed E-state index contributed by atoms with van der Waals surface area (Å²) in [6.45, 7) is 5.65. The van der Waals surface area contributed by atoms with Crippen LogP contribution in [0.25, 0.3) is 0 Å². The molecule has 0 aromatic rings. The summed E-state index contributed by atoms with van der Waals surface area (Å²) in [5.74, 6) is 0. The molecule has 0 aromatic heterocycles. The smallest absolute Gasteiger partial charge is 0.113 e. The van der Waals surface area contributed by atoms with Crippen LogP contribution in [0.15, 0.2) is 12.2 Å². The van der Waals surface area contributed by atoms with Crippen molar-refractivity contribution >= 4 is 0 Å². The number of hydrogen-bond acceptors (Lipinski definition) is 3. The van der Waals surface area contributed by atoms with Crippen LogP contribution in [0, 0.1) is 0 Å². The molecule has 0 bridgehead atoms. The van der Waals surface area contributed by atoms with E-state index in [1.54, 1.807) is 6.92 Å². The van der Waals surface area contributed by atoms with E-state index < -0.39 is 0 Å². The van der Waals surface area contributed by atoms with Gasteiger partial charge in [-0.15, -0.1) is 0 Å². The molecule has 0 rings (SSSR count). The second-order valence-corrected chi connectivity index (χ2v) is 2.66. The highest BCUT2D eigenvalue weighted by Gasteiger charge is 2.08. The Balaban J connectivity index is 3.44. The number of rotatable bonds is 6. The van der Waals surface area contributed by atoms with Crippen molar-refractivity contribution in [2.45, 2.75) is 32.3 Å². The molecule has 66 valence electrons. The molecular weight excluding hydrogens is 144 g/mol. The average Bonchev–Trinajstić information content (AvgIpc) is 1.97. The van der Waals surface area contributed by atoms with Crippen LogP contribution in [0.3, 0.4) is 0 Å². The standard InChI is InChI=1S/C8H16O3/c1-7(2)8(11-10)5-3-4-6-9/h8-10H,1,3-6H2,2H3. The number of aliphatic hydroxyl groups is 1. The van der Waals surface area contributed by atoms with E-state index in [9.17, 15) is 0 Å². The molecule has 0 aliphatic rings. The highest BCUT2D eigenvalue weighted by Crippen LogP contribution is 2.10. The maximum atomic E-state index is 8.46.